The van der Waals surface area contributed by atoms with Crippen LogP contribution in [0.5, 0.6) is 0 Å². The van der Waals surface area contributed by atoms with Gasteiger partial charge >= 0.3 is 0 Å². The highest BCUT2D eigenvalue weighted by molar-refractivity contribution is 7.81. The maximum atomic E-state index is 4.45. The van der Waals surface area contributed by atoms with E-state index in [0.717, 1.165) is 10.7 Å². The van der Waals surface area contributed by atoms with Crippen LogP contribution in [0.15, 0.2) is 0 Å². The molecule has 1 saturated carbocycles. The molecule has 10 heavy (non-hydrogen) atoms. The molecule has 1 aliphatic carbocycles. The average molecular weight is 157 g/mol. The van der Waals surface area contributed by atoms with Gasteiger partial charge in [-0.1, -0.05) is 0 Å². The third kappa shape index (κ3) is 1.08. The summed E-state index contributed by atoms with van der Waals surface area (Å²) in [6.07, 6.45) is 5.53. The lowest BCUT2D eigenvalue weighted by molar-refractivity contribution is 0.0948. The average Bonchev–Trinajstić information content (AvgIpc) is 1.87. The molecule has 1 aliphatic heterocycles. The molecule has 1 spiro atoms. The molecular weight excluding hydrogens is 142 g/mol. The Bertz CT molecular complexity index is 114. The van der Waals surface area contributed by atoms with Gasteiger partial charge in [0, 0.05) is 5.25 Å². The quantitative estimate of drug-likeness (QED) is 0.507. The van der Waals surface area contributed by atoms with Crippen LogP contribution < -0.4 is 5.32 Å². The molecule has 0 atom stereocenters. The van der Waals surface area contributed by atoms with E-state index in [1.54, 1.807) is 0 Å². The summed E-state index contributed by atoms with van der Waals surface area (Å²) in [6.45, 7) is 2.47. The number of thiol groups is 1. The molecule has 2 aliphatic rings. The van der Waals surface area contributed by atoms with Crippen molar-refractivity contribution in [2.24, 2.45) is 5.41 Å². The largest absolute Gasteiger partial charge is 0.317 e. The lowest BCUT2D eigenvalue weighted by Gasteiger charge is -2.48. The molecule has 2 heteroatoms. The molecule has 1 heterocycles. The normalized spacial score (nSPS) is 32.1. The van der Waals surface area contributed by atoms with Crippen LogP contribution in [0.4, 0.5) is 0 Å². The zero-order chi connectivity index (χ0) is 7.03. The Kier molecular flexibility index (Phi) is 1.69. The fourth-order valence-electron chi connectivity index (χ4n) is 2.31. The zero-order valence-corrected chi connectivity index (χ0v) is 7.16. The number of piperidine rings is 1. The molecule has 2 fully saturated rings. The Morgan fingerprint density at radius 2 is 1.80 bits per heavy atom. The van der Waals surface area contributed by atoms with Gasteiger partial charge in [0.15, 0.2) is 0 Å². The van der Waals surface area contributed by atoms with Gasteiger partial charge in [-0.3, -0.25) is 0 Å². The predicted molar refractivity (Wildman–Crippen MR) is 46.5 cm³/mol. The first kappa shape index (κ1) is 6.99. The van der Waals surface area contributed by atoms with E-state index in [1.165, 1.54) is 38.8 Å². The second kappa shape index (κ2) is 2.42. The van der Waals surface area contributed by atoms with Crippen LogP contribution in [-0.4, -0.2) is 18.3 Å². The Balaban J connectivity index is 1.90. The minimum atomic E-state index is 0.720. The highest BCUT2D eigenvalue weighted by atomic mass is 32.1. The zero-order valence-electron chi connectivity index (χ0n) is 6.27. The van der Waals surface area contributed by atoms with Gasteiger partial charge in [0.1, 0.15) is 0 Å². The maximum absolute atomic E-state index is 4.45. The van der Waals surface area contributed by atoms with Crippen LogP contribution in [0.1, 0.15) is 25.7 Å². The molecule has 58 valence electrons. The van der Waals surface area contributed by atoms with Gasteiger partial charge in [-0.2, -0.15) is 12.6 Å². The molecule has 1 N–H and O–H groups in total. The van der Waals surface area contributed by atoms with Crippen LogP contribution in [0.2, 0.25) is 0 Å². The van der Waals surface area contributed by atoms with Crippen LogP contribution in [0, 0.1) is 5.41 Å². The summed E-state index contributed by atoms with van der Waals surface area (Å²) < 4.78 is 0. The predicted octanol–water partition coefficient (Wildman–Crippen LogP) is 1.45. The van der Waals surface area contributed by atoms with E-state index in [9.17, 15) is 0 Å². The van der Waals surface area contributed by atoms with E-state index in [4.69, 9.17) is 0 Å². The van der Waals surface area contributed by atoms with Crippen molar-refractivity contribution in [3.05, 3.63) is 0 Å². The Labute approximate surface area is 68.0 Å². The van der Waals surface area contributed by atoms with Gasteiger partial charge in [0.25, 0.3) is 0 Å². The van der Waals surface area contributed by atoms with E-state index in [2.05, 4.69) is 17.9 Å². The molecule has 0 aromatic rings. The van der Waals surface area contributed by atoms with Crippen LogP contribution in [0.3, 0.4) is 0 Å². The lowest BCUT2D eigenvalue weighted by atomic mass is 9.63. The van der Waals surface area contributed by atoms with E-state index in [0.29, 0.717) is 0 Å². The van der Waals surface area contributed by atoms with Crippen molar-refractivity contribution in [3.63, 3.8) is 0 Å². The second-order valence-corrected chi connectivity index (χ2v) is 4.54. The molecule has 0 bridgehead atoms. The summed E-state index contributed by atoms with van der Waals surface area (Å²) in [6, 6.07) is 0. The highest BCUT2D eigenvalue weighted by Crippen LogP contribution is 2.49. The number of hydrogen-bond acceptors (Lipinski definition) is 2. The first-order chi connectivity index (χ1) is 4.81. The first-order valence-electron chi connectivity index (χ1n) is 4.20. The molecule has 1 saturated heterocycles. The third-order valence-corrected chi connectivity index (χ3v) is 3.37. The molecule has 0 radical (unpaired) electrons. The standard InChI is InChI=1S/C8H15NS/c10-7-5-8(6-7)1-3-9-4-2-8/h7,9-10H,1-6H2. The first-order valence-corrected chi connectivity index (χ1v) is 4.71. The smallest absolute Gasteiger partial charge is 0.00274 e. The summed E-state index contributed by atoms with van der Waals surface area (Å²) in [4.78, 5) is 0. The molecule has 1 nitrogen and oxygen atoms in total. The Morgan fingerprint density at radius 3 is 2.30 bits per heavy atom. The monoisotopic (exact) mass is 157 g/mol. The highest BCUT2D eigenvalue weighted by Gasteiger charge is 2.42. The summed E-state index contributed by atoms with van der Waals surface area (Å²) in [5.74, 6) is 0. The van der Waals surface area contributed by atoms with Crippen LogP contribution in [0.25, 0.3) is 0 Å². The summed E-state index contributed by atoms with van der Waals surface area (Å²) in [5.41, 5.74) is 0.734. The Morgan fingerprint density at radius 1 is 1.20 bits per heavy atom. The summed E-state index contributed by atoms with van der Waals surface area (Å²) in [7, 11) is 0. The van der Waals surface area contributed by atoms with Gasteiger partial charge in [-0.15, -0.1) is 0 Å². The maximum Gasteiger partial charge on any atom is 0.00274 e. The number of hydrogen-bond donors (Lipinski definition) is 2. The van der Waals surface area contributed by atoms with Crippen molar-refractivity contribution in [3.8, 4) is 0 Å². The van der Waals surface area contributed by atoms with Gasteiger partial charge in [0.05, 0.1) is 0 Å². The van der Waals surface area contributed by atoms with Gasteiger partial charge in [0.2, 0.25) is 0 Å². The van der Waals surface area contributed by atoms with Gasteiger partial charge in [-0.25, -0.2) is 0 Å². The lowest BCUT2D eigenvalue weighted by Crippen LogP contribution is -2.46. The van der Waals surface area contributed by atoms with E-state index >= 15 is 0 Å². The minimum absolute atomic E-state index is 0.720. The second-order valence-electron chi connectivity index (χ2n) is 3.81. The van der Waals surface area contributed by atoms with Gasteiger partial charge in [-0.05, 0) is 44.2 Å². The summed E-state index contributed by atoms with van der Waals surface area (Å²) >= 11 is 4.45. The third-order valence-electron chi connectivity index (χ3n) is 3.00. The van der Waals surface area contributed by atoms with Crippen molar-refractivity contribution in [2.75, 3.05) is 13.1 Å². The fourth-order valence-corrected chi connectivity index (χ4v) is 3.08. The van der Waals surface area contributed by atoms with Crippen LogP contribution in [-0.2, 0) is 0 Å². The molecule has 0 amide bonds. The van der Waals surface area contributed by atoms with Crippen molar-refractivity contribution in [1.29, 1.82) is 0 Å². The van der Waals surface area contributed by atoms with E-state index < -0.39 is 0 Å². The van der Waals surface area contributed by atoms with Crippen molar-refractivity contribution < 1.29 is 0 Å². The van der Waals surface area contributed by atoms with Crippen molar-refractivity contribution in [2.45, 2.75) is 30.9 Å². The number of rotatable bonds is 0. The van der Waals surface area contributed by atoms with Gasteiger partial charge < -0.3 is 5.32 Å². The van der Waals surface area contributed by atoms with E-state index in [-0.39, 0.29) is 0 Å². The van der Waals surface area contributed by atoms with Crippen molar-refractivity contribution in [1.82, 2.24) is 5.32 Å². The number of nitrogens with one attached hydrogen (secondary N) is 1. The minimum Gasteiger partial charge on any atom is -0.317 e. The molecule has 0 aromatic heterocycles. The molecular formula is C8H15NS. The topological polar surface area (TPSA) is 12.0 Å². The fraction of sp³-hybridized carbons (Fsp3) is 1.00. The SMILES string of the molecule is SC1CC2(CCNCC2)C1. The summed E-state index contributed by atoms with van der Waals surface area (Å²) in [5, 5.41) is 4.12. The van der Waals surface area contributed by atoms with Crippen molar-refractivity contribution >= 4 is 12.6 Å². The molecule has 0 unspecified atom stereocenters. The van der Waals surface area contributed by atoms with E-state index in [1.807, 2.05) is 0 Å². The molecule has 2 rings (SSSR count). The van der Waals surface area contributed by atoms with Crippen LogP contribution >= 0.6 is 12.6 Å². The Hall–Kier alpha value is 0.310. The molecule has 0 aromatic carbocycles.